The number of rotatable bonds is 6. The van der Waals surface area contributed by atoms with Crippen LogP contribution in [0.2, 0.25) is 0 Å². The smallest absolute Gasteiger partial charge is 0.339 e. The van der Waals surface area contributed by atoms with Gasteiger partial charge in [-0.3, -0.25) is 14.5 Å². The Morgan fingerprint density at radius 1 is 1.00 bits per heavy atom. The van der Waals surface area contributed by atoms with Gasteiger partial charge in [0, 0.05) is 4.47 Å². The first-order chi connectivity index (χ1) is 15.7. The zero-order chi connectivity index (χ0) is 23.6. The van der Waals surface area contributed by atoms with Crippen molar-refractivity contribution in [3.8, 4) is 5.75 Å². The van der Waals surface area contributed by atoms with E-state index < -0.39 is 16.0 Å². The monoisotopic (exact) mass is 543 g/mol. The molecule has 1 fully saturated rings. The number of benzene rings is 3. The van der Waals surface area contributed by atoms with Crippen LogP contribution >= 0.6 is 27.7 Å². The number of hydrogen-bond donors (Lipinski definition) is 0. The first-order valence-electron chi connectivity index (χ1n) is 9.82. The summed E-state index contributed by atoms with van der Waals surface area (Å²) >= 11 is 4.21. The molecule has 1 saturated heterocycles. The fraction of sp³-hybridized carbons (Fsp3) is 0.0833. The number of thioether (sulfide) groups is 1. The molecule has 0 spiro atoms. The van der Waals surface area contributed by atoms with Crippen LogP contribution in [0, 0.1) is 6.92 Å². The summed E-state index contributed by atoms with van der Waals surface area (Å²) in [4.78, 5) is 26.7. The lowest BCUT2D eigenvalue weighted by molar-refractivity contribution is -0.123. The lowest BCUT2D eigenvalue weighted by Gasteiger charge is -2.12. The van der Waals surface area contributed by atoms with E-state index in [4.69, 9.17) is 4.18 Å². The van der Waals surface area contributed by atoms with Crippen LogP contribution in [0.5, 0.6) is 5.75 Å². The molecule has 9 heteroatoms. The second-order valence-electron chi connectivity index (χ2n) is 7.32. The molecule has 1 aliphatic heterocycles. The van der Waals surface area contributed by atoms with Crippen molar-refractivity contribution in [3.05, 3.63) is 98.9 Å². The molecule has 33 heavy (non-hydrogen) atoms. The van der Waals surface area contributed by atoms with Crippen LogP contribution in [-0.4, -0.2) is 24.5 Å². The summed E-state index contributed by atoms with van der Waals surface area (Å²) in [5, 5.41) is -0.358. The maximum Gasteiger partial charge on any atom is 0.339 e. The van der Waals surface area contributed by atoms with Crippen molar-refractivity contribution in [2.24, 2.45) is 0 Å². The lowest BCUT2D eigenvalue weighted by atomic mass is 10.2. The average molecular weight is 544 g/mol. The summed E-state index contributed by atoms with van der Waals surface area (Å²) < 4.78 is 31.3. The molecule has 6 nitrogen and oxygen atoms in total. The molecule has 0 bridgehead atoms. The van der Waals surface area contributed by atoms with Gasteiger partial charge in [-0.1, -0.05) is 57.9 Å². The summed E-state index contributed by atoms with van der Waals surface area (Å²) in [6.45, 7) is 2.04. The van der Waals surface area contributed by atoms with Crippen LogP contribution in [0.15, 0.2) is 87.1 Å². The van der Waals surface area contributed by atoms with Crippen LogP contribution in [0.25, 0.3) is 6.08 Å². The van der Waals surface area contributed by atoms with E-state index in [1.165, 1.54) is 29.2 Å². The molecule has 3 aromatic carbocycles. The van der Waals surface area contributed by atoms with Crippen LogP contribution in [0.4, 0.5) is 4.79 Å². The number of halogens is 1. The molecular weight excluding hydrogens is 526 g/mol. The molecule has 0 aromatic heterocycles. The van der Waals surface area contributed by atoms with Crippen molar-refractivity contribution in [2.75, 3.05) is 0 Å². The molecule has 0 N–H and O–H groups in total. The summed E-state index contributed by atoms with van der Waals surface area (Å²) in [5.41, 5.74) is 2.31. The SMILES string of the molecule is Cc1ccc(S(=O)(=O)Oc2cccc(/C=C3\SC(=O)N(Cc4ccc(Br)cc4)C3=O)c2)cc1. The molecular formula is C24H18BrNO5S2. The quantitative estimate of drug-likeness (QED) is 0.290. The van der Waals surface area contributed by atoms with Crippen molar-refractivity contribution in [2.45, 2.75) is 18.4 Å². The van der Waals surface area contributed by atoms with Gasteiger partial charge in [-0.25, -0.2) is 0 Å². The predicted octanol–water partition coefficient (Wildman–Crippen LogP) is 5.76. The van der Waals surface area contributed by atoms with Gasteiger partial charge in [0.15, 0.2) is 0 Å². The Morgan fingerprint density at radius 2 is 1.70 bits per heavy atom. The fourth-order valence-corrected chi connectivity index (χ4v) is 5.12. The maximum atomic E-state index is 12.8. The number of amides is 2. The number of aryl methyl sites for hydroxylation is 1. The highest BCUT2D eigenvalue weighted by atomic mass is 79.9. The Bertz CT molecular complexity index is 1350. The Morgan fingerprint density at radius 3 is 2.39 bits per heavy atom. The molecule has 168 valence electrons. The molecule has 0 saturated carbocycles. The molecule has 0 aliphatic carbocycles. The second-order valence-corrected chi connectivity index (χ2v) is 10.8. The first-order valence-corrected chi connectivity index (χ1v) is 12.8. The molecule has 1 heterocycles. The molecule has 0 unspecified atom stereocenters. The van der Waals surface area contributed by atoms with E-state index in [1.54, 1.807) is 30.3 Å². The molecule has 3 aromatic rings. The van der Waals surface area contributed by atoms with E-state index in [1.807, 2.05) is 31.2 Å². The Hall–Kier alpha value is -2.88. The Labute approximate surface area is 204 Å². The van der Waals surface area contributed by atoms with Crippen LogP contribution in [0.3, 0.4) is 0 Å². The number of carbonyl (C=O) groups excluding carboxylic acids is 2. The van der Waals surface area contributed by atoms with Crippen molar-refractivity contribution < 1.29 is 22.2 Å². The largest absolute Gasteiger partial charge is 0.379 e. The molecule has 1 aliphatic rings. The minimum absolute atomic E-state index is 0.0487. The zero-order valence-corrected chi connectivity index (χ0v) is 20.6. The normalized spacial score (nSPS) is 15.3. The van der Waals surface area contributed by atoms with Gasteiger partial charge >= 0.3 is 10.1 Å². The highest BCUT2D eigenvalue weighted by Crippen LogP contribution is 2.34. The van der Waals surface area contributed by atoms with Crippen LogP contribution in [-0.2, 0) is 21.5 Å². The third-order valence-corrected chi connectivity index (χ3v) is 7.50. The standard InChI is InChI=1S/C24H18BrNO5S2/c1-16-5-11-21(12-6-16)33(29,30)31-20-4-2-3-18(13-20)14-22-23(27)26(24(28)32-22)15-17-7-9-19(25)10-8-17/h2-14H,15H2,1H3/b22-14-. The minimum atomic E-state index is -4.00. The Kier molecular flexibility index (Phi) is 6.73. The summed E-state index contributed by atoms with van der Waals surface area (Å²) in [7, 11) is -4.00. The van der Waals surface area contributed by atoms with Crippen LogP contribution < -0.4 is 4.18 Å². The van der Waals surface area contributed by atoms with Crippen molar-refractivity contribution in [1.29, 1.82) is 0 Å². The number of imide groups is 1. The topological polar surface area (TPSA) is 80.8 Å². The zero-order valence-electron chi connectivity index (χ0n) is 17.4. The lowest BCUT2D eigenvalue weighted by Crippen LogP contribution is -2.27. The van der Waals surface area contributed by atoms with E-state index in [0.717, 1.165) is 27.4 Å². The van der Waals surface area contributed by atoms with Gasteiger partial charge in [-0.2, -0.15) is 8.42 Å². The summed E-state index contributed by atoms with van der Waals surface area (Å²) in [5.74, 6) is -0.287. The summed E-state index contributed by atoms with van der Waals surface area (Å²) in [6, 6.07) is 20.1. The van der Waals surface area contributed by atoms with E-state index in [9.17, 15) is 18.0 Å². The fourth-order valence-electron chi connectivity index (χ4n) is 3.10. The van der Waals surface area contributed by atoms with E-state index in [0.29, 0.717) is 5.56 Å². The van der Waals surface area contributed by atoms with Gasteiger partial charge in [0.05, 0.1) is 11.4 Å². The molecule has 0 atom stereocenters. The average Bonchev–Trinajstić information content (AvgIpc) is 3.03. The molecule has 2 amide bonds. The van der Waals surface area contributed by atoms with Crippen molar-refractivity contribution in [3.63, 3.8) is 0 Å². The van der Waals surface area contributed by atoms with E-state index in [2.05, 4.69) is 15.9 Å². The van der Waals surface area contributed by atoms with Gasteiger partial charge in [-0.05, 0) is 72.3 Å². The van der Waals surface area contributed by atoms with Crippen molar-refractivity contribution >= 4 is 55.0 Å². The van der Waals surface area contributed by atoms with E-state index >= 15 is 0 Å². The van der Waals surface area contributed by atoms with Gasteiger partial charge in [0.2, 0.25) is 0 Å². The third kappa shape index (κ3) is 5.55. The second kappa shape index (κ2) is 9.54. The van der Waals surface area contributed by atoms with Gasteiger partial charge in [0.25, 0.3) is 11.1 Å². The van der Waals surface area contributed by atoms with Gasteiger partial charge < -0.3 is 4.18 Å². The minimum Gasteiger partial charge on any atom is -0.379 e. The predicted molar refractivity (Wildman–Crippen MR) is 131 cm³/mol. The highest BCUT2D eigenvalue weighted by molar-refractivity contribution is 9.10. The first kappa shape index (κ1) is 23.3. The van der Waals surface area contributed by atoms with Crippen molar-refractivity contribution in [1.82, 2.24) is 4.90 Å². The number of carbonyl (C=O) groups is 2. The maximum absolute atomic E-state index is 12.8. The number of nitrogens with zero attached hydrogens (tertiary/aromatic N) is 1. The Balaban J connectivity index is 1.52. The third-order valence-electron chi connectivity index (χ3n) is 4.80. The van der Waals surface area contributed by atoms with E-state index in [-0.39, 0.29) is 27.3 Å². The molecule has 4 rings (SSSR count). The van der Waals surface area contributed by atoms with Crippen LogP contribution in [0.1, 0.15) is 16.7 Å². The summed E-state index contributed by atoms with van der Waals surface area (Å²) in [6.07, 6.45) is 1.55. The number of hydrogen-bond acceptors (Lipinski definition) is 6. The molecule has 0 radical (unpaired) electrons. The van der Waals surface area contributed by atoms with Gasteiger partial charge in [0.1, 0.15) is 10.6 Å². The van der Waals surface area contributed by atoms with Gasteiger partial charge in [-0.15, -0.1) is 0 Å². The highest BCUT2D eigenvalue weighted by Gasteiger charge is 2.35.